The van der Waals surface area contributed by atoms with Crippen LogP contribution in [0.5, 0.6) is 5.75 Å². The summed E-state index contributed by atoms with van der Waals surface area (Å²) in [4.78, 5) is 0. The molecule has 3 rings (SSSR count). The van der Waals surface area contributed by atoms with Crippen LogP contribution in [0, 0.1) is 0 Å². The van der Waals surface area contributed by atoms with Crippen LogP contribution in [0.15, 0.2) is 30.6 Å². The molecule has 0 aliphatic carbocycles. The monoisotopic (exact) mass is 286 g/mol. The molecular weight excluding hydrogens is 264 g/mol. The van der Waals surface area contributed by atoms with Gasteiger partial charge in [-0.3, -0.25) is 0 Å². The zero-order chi connectivity index (χ0) is 14.9. The molecule has 0 fully saturated rings. The molecule has 0 saturated heterocycles. The molecule has 2 aromatic rings. The highest BCUT2D eigenvalue weighted by Crippen LogP contribution is 2.39. The van der Waals surface area contributed by atoms with Crippen molar-refractivity contribution < 1.29 is 4.74 Å². The van der Waals surface area contributed by atoms with E-state index in [4.69, 9.17) is 4.74 Å². The zero-order valence-electron chi connectivity index (χ0n) is 12.8. The topological polar surface area (TPSA) is 52.0 Å². The molecule has 1 atom stereocenters. The van der Waals surface area contributed by atoms with Gasteiger partial charge in [0.1, 0.15) is 23.5 Å². The summed E-state index contributed by atoms with van der Waals surface area (Å²) in [5.74, 6) is 1.95. The third-order valence-electron chi connectivity index (χ3n) is 3.92. The van der Waals surface area contributed by atoms with Gasteiger partial charge in [-0.05, 0) is 26.8 Å². The van der Waals surface area contributed by atoms with Crippen molar-refractivity contribution in [3.8, 4) is 5.75 Å². The molecular formula is C16H22N4O. The second kappa shape index (κ2) is 5.48. The Hall–Kier alpha value is -1.88. The van der Waals surface area contributed by atoms with Crippen molar-refractivity contribution in [2.24, 2.45) is 0 Å². The van der Waals surface area contributed by atoms with Gasteiger partial charge < -0.3 is 14.6 Å². The molecule has 1 aliphatic rings. The Morgan fingerprint density at radius 2 is 2.19 bits per heavy atom. The largest absolute Gasteiger partial charge is 0.487 e. The number of hydrogen-bond acceptors (Lipinski definition) is 4. The Kier molecular flexibility index (Phi) is 3.68. The number of rotatable bonds is 4. The first kappa shape index (κ1) is 14.1. The minimum absolute atomic E-state index is 0.162. The van der Waals surface area contributed by atoms with Crippen LogP contribution in [0.25, 0.3) is 0 Å². The van der Waals surface area contributed by atoms with Gasteiger partial charge in [0.05, 0.1) is 6.54 Å². The van der Waals surface area contributed by atoms with E-state index in [0.29, 0.717) is 6.54 Å². The van der Waals surface area contributed by atoms with Gasteiger partial charge in [-0.15, -0.1) is 10.2 Å². The molecule has 5 nitrogen and oxygen atoms in total. The molecule has 1 N–H and O–H groups in total. The predicted molar refractivity (Wildman–Crippen MR) is 81.0 cm³/mol. The zero-order valence-corrected chi connectivity index (χ0v) is 12.8. The van der Waals surface area contributed by atoms with Crippen LogP contribution < -0.4 is 10.1 Å². The van der Waals surface area contributed by atoms with Crippen LogP contribution in [0.1, 0.15) is 44.6 Å². The predicted octanol–water partition coefficient (Wildman–Crippen LogP) is 2.69. The Morgan fingerprint density at radius 1 is 1.38 bits per heavy atom. The van der Waals surface area contributed by atoms with Gasteiger partial charge in [-0.2, -0.15) is 0 Å². The van der Waals surface area contributed by atoms with Crippen molar-refractivity contribution in [3.63, 3.8) is 0 Å². The fourth-order valence-corrected chi connectivity index (χ4v) is 2.88. The third kappa shape index (κ3) is 2.93. The molecule has 1 aromatic carbocycles. The number of fused-ring (bicyclic) bond motifs is 1. The van der Waals surface area contributed by atoms with E-state index in [2.05, 4.69) is 53.0 Å². The maximum absolute atomic E-state index is 6.06. The standard InChI is InChI=1S/C16H22N4O/c1-4-20-11-18-19-15(20)10-17-13-9-16(2,3)21-14-8-6-5-7-12(13)14/h5-8,11,13,17H,4,9-10H2,1-3H3. The SMILES string of the molecule is CCn1cnnc1CNC1CC(C)(C)Oc2ccccc21. The summed E-state index contributed by atoms with van der Waals surface area (Å²) in [5.41, 5.74) is 1.06. The minimum Gasteiger partial charge on any atom is -0.487 e. The number of aryl methyl sites for hydroxylation is 1. The van der Waals surface area contributed by atoms with E-state index in [-0.39, 0.29) is 11.6 Å². The van der Waals surface area contributed by atoms with E-state index in [9.17, 15) is 0 Å². The number of aromatic nitrogens is 3. The van der Waals surface area contributed by atoms with Gasteiger partial charge in [0, 0.05) is 24.6 Å². The molecule has 21 heavy (non-hydrogen) atoms. The lowest BCUT2D eigenvalue weighted by Crippen LogP contribution is -2.39. The number of ether oxygens (including phenoxy) is 1. The van der Waals surface area contributed by atoms with E-state index in [1.54, 1.807) is 6.33 Å². The fourth-order valence-electron chi connectivity index (χ4n) is 2.88. The third-order valence-corrected chi connectivity index (χ3v) is 3.92. The number of nitrogens with one attached hydrogen (secondary N) is 1. The smallest absolute Gasteiger partial charge is 0.146 e. The summed E-state index contributed by atoms with van der Waals surface area (Å²) in [6, 6.07) is 8.52. The van der Waals surface area contributed by atoms with Crippen molar-refractivity contribution in [2.45, 2.75) is 51.9 Å². The Balaban J connectivity index is 1.79. The number of nitrogens with zero attached hydrogens (tertiary/aromatic N) is 3. The summed E-state index contributed by atoms with van der Waals surface area (Å²) in [6.07, 6.45) is 2.71. The summed E-state index contributed by atoms with van der Waals surface area (Å²) in [7, 11) is 0. The molecule has 2 heterocycles. The summed E-state index contributed by atoms with van der Waals surface area (Å²) in [5, 5.41) is 11.8. The maximum Gasteiger partial charge on any atom is 0.146 e. The molecule has 1 unspecified atom stereocenters. The molecule has 0 amide bonds. The Labute approximate surface area is 125 Å². The fraction of sp³-hybridized carbons (Fsp3) is 0.500. The average molecular weight is 286 g/mol. The van der Waals surface area contributed by atoms with Crippen molar-refractivity contribution in [2.75, 3.05) is 0 Å². The van der Waals surface area contributed by atoms with Gasteiger partial charge in [0.25, 0.3) is 0 Å². The molecule has 1 aromatic heterocycles. The second-order valence-corrected chi connectivity index (χ2v) is 6.07. The lowest BCUT2D eigenvalue weighted by Gasteiger charge is -2.38. The van der Waals surface area contributed by atoms with Crippen molar-refractivity contribution in [3.05, 3.63) is 42.0 Å². The van der Waals surface area contributed by atoms with E-state index in [1.807, 2.05) is 12.1 Å². The molecule has 1 aliphatic heterocycles. The van der Waals surface area contributed by atoms with Gasteiger partial charge in [0.15, 0.2) is 0 Å². The summed E-state index contributed by atoms with van der Waals surface area (Å²) in [6.45, 7) is 7.96. The van der Waals surface area contributed by atoms with Crippen molar-refractivity contribution in [1.82, 2.24) is 20.1 Å². The highest BCUT2D eigenvalue weighted by atomic mass is 16.5. The molecule has 112 valence electrons. The van der Waals surface area contributed by atoms with Gasteiger partial charge >= 0.3 is 0 Å². The number of hydrogen-bond donors (Lipinski definition) is 1. The summed E-state index contributed by atoms with van der Waals surface area (Å²) < 4.78 is 8.12. The summed E-state index contributed by atoms with van der Waals surface area (Å²) >= 11 is 0. The van der Waals surface area contributed by atoms with Crippen LogP contribution in [-0.4, -0.2) is 20.4 Å². The van der Waals surface area contributed by atoms with E-state index < -0.39 is 0 Å². The van der Waals surface area contributed by atoms with Gasteiger partial charge in [0.2, 0.25) is 0 Å². The highest BCUT2D eigenvalue weighted by molar-refractivity contribution is 5.38. The van der Waals surface area contributed by atoms with Crippen molar-refractivity contribution >= 4 is 0 Å². The van der Waals surface area contributed by atoms with E-state index in [1.165, 1.54) is 5.56 Å². The normalized spacial score (nSPS) is 19.9. The van der Waals surface area contributed by atoms with E-state index >= 15 is 0 Å². The first-order valence-corrected chi connectivity index (χ1v) is 7.47. The average Bonchev–Trinajstić information content (AvgIpc) is 2.91. The van der Waals surface area contributed by atoms with Gasteiger partial charge in [-0.25, -0.2) is 0 Å². The van der Waals surface area contributed by atoms with Gasteiger partial charge in [-0.1, -0.05) is 18.2 Å². The minimum atomic E-state index is -0.162. The number of para-hydroxylation sites is 1. The molecule has 0 radical (unpaired) electrons. The first-order valence-electron chi connectivity index (χ1n) is 7.47. The maximum atomic E-state index is 6.06. The lowest BCUT2D eigenvalue weighted by atomic mass is 9.90. The highest BCUT2D eigenvalue weighted by Gasteiger charge is 2.33. The van der Waals surface area contributed by atoms with Crippen LogP contribution in [0.4, 0.5) is 0 Å². The van der Waals surface area contributed by atoms with Crippen LogP contribution in [0.2, 0.25) is 0 Å². The van der Waals surface area contributed by atoms with Crippen LogP contribution >= 0.6 is 0 Å². The molecule has 0 spiro atoms. The van der Waals surface area contributed by atoms with Crippen molar-refractivity contribution in [1.29, 1.82) is 0 Å². The second-order valence-electron chi connectivity index (χ2n) is 6.07. The Morgan fingerprint density at radius 3 is 3.00 bits per heavy atom. The quantitative estimate of drug-likeness (QED) is 0.939. The number of benzene rings is 1. The van der Waals surface area contributed by atoms with Crippen LogP contribution in [0.3, 0.4) is 0 Å². The van der Waals surface area contributed by atoms with E-state index in [0.717, 1.165) is 24.5 Å². The van der Waals surface area contributed by atoms with Crippen LogP contribution in [-0.2, 0) is 13.1 Å². The molecule has 0 bridgehead atoms. The Bertz CT molecular complexity index is 620. The lowest BCUT2D eigenvalue weighted by molar-refractivity contribution is 0.0655. The molecule has 0 saturated carbocycles. The first-order chi connectivity index (χ1) is 10.1. The molecule has 5 heteroatoms.